The van der Waals surface area contributed by atoms with Crippen LogP contribution in [0.25, 0.3) is 10.6 Å². The number of thiazole rings is 1. The molecule has 0 saturated carbocycles. The summed E-state index contributed by atoms with van der Waals surface area (Å²) in [4.78, 5) is 31.5. The molecule has 1 atom stereocenters. The molecule has 0 unspecified atom stereocenters. The molecule has 3 heterocycles. The van der Waals surface area contributed by atoms with Gasteiger partial charge in [-0.2, -0.15) is 11.3 Å². The highest BCUT2D eigenvalue weighted by molar-refractivity contribution is 7.14. The molecule has 3 amide bonds. The molecule has 7 heteroatoms. The fraction of sp³-hybridized carbons (Fsp3) is 0.211. The quantitative estimate of drug-likeness (QED) is 0.671. The van der Waals surface area contributed by atoms with Crippen LogP contribution in [0.1, 0.15) is 24.6 Å². The largest absolute Gasteiger partial charge is 0.325 e. The Morgan fingerprint density at radius 3 is 2.65 bits per heavy atom. The predicted molar refractivity (Wildman–Crippen MR) is 103 cm³/mol. The summed E-state index contributed by atoms with van der Waals surface area (Å²) in [5.74, 6) is -0.221. The molecule has 1 N–H and O–H groups in total. The van der Waals surface area contributed by atoms with Crippen LogP contribution >= 0.6 is 22.7 Å². The number of benzene rings is 1. The SMILES string of the molecule is CC[C@@]1(c2ccccc2)NC(=O)N(Cc2csc(-c3ccsc3)n2)C1=O. The highest BCUT2D eigenvalue weighted by atomic mass is 32.1. The molecule has 1 fully saturated rings. The van der Waals surface area contributed by atoms with E-state index in [1.165, 1.54) is 16.2 Å². The van der Waals surface area contributed by atoms with E-state index in [2.05, 4.69) is 10.3 Å². The zero-order valence-corrected chi connectivity index (χ0v) is 15.8. The normalized spacial score (nSPS) is 19.8. The molecule has 0 bridgehead atoms. The Morgan fingerprint density at radius 1 is 1.15 bits per heavy atom. The first kappa shape index (κ1) is 16.9. The van der Waals surface area contributed by atoms with Crippen molar-refractivity contribution in [2.75, 3.05) is 0 Å². The maximum atomic E-state index is 13.1. The highest BCUT2D eigenvalue weighted by Crippen LogP contribution is 2.33. The Balaban J connectivity index is 1.60. The molecular weight excluding hydrogens is 366 g/mol. The minimum absolute atomic E-state index is 0.180. The maximum absolute atomic E-state index is 13.1. The topological polar surface area (TPSA) is 62.3 Å². The predicted octanol–water partition coefficient (Wildman–Crippen LogP) is 4.23. The number of carbonyl (C=O) groups is 2. The second kappa shape index (κ2) is 6.66. The van der Waals surface area contributed by atoms with Crippen molar-refractivity contribution in [2.24, 2.45) is 0 Å². The summed E-state index contributed by atoms with van der Waals surface area (Å²) in [6.07, 6.45) is 0.495. The molecule has 3 aromatic rings. The van der Waals surface area contributed by atoms with Gasteiger partial charge in [0.2, 0.25) is 0 Å². The summed E-state index contributed by atoms with van der Waals surface area (Å²) >= 11 is 3.14. The number of urea groups is 1. The molecule has 1 saturated heterocycles. The molecule has 1 aliphatic rings. The van der Waals surface area contributed by atoms with E-state index in [0.717, 1.165) is 21.8 Å². The van der Waals surface area contributed by atoms with Gasteiger partial charge < -0.3 is 5.32 Å². The summed E-state index contributed by atoms with van der Waals surface area (Å²) in [6.45, 7) is 2.09. The van der Waals surface area contributed by atoms with Crippen LogP contribution in [-0.4, -0.2) is 21.8 Å². The summed E-state index contributed by atoms with van der Waals surface area (Å²) in [5.41, 5.74) is 1.60. The average molecular weight is 383 g/mol. The lowest BCUT2D eigenvalue weighted by Gasteiger charge is -2.25. The number of carbonyl (C=O) groups excluding carboxylic acids is 2. The number of imide groups is 1. The van der Waals surface area contributed by atoms with Gasteiger partial charge in [0.25, 0.3) is 5.91 Å². The first-order chi connectivity index (χ1) is 12.6. The van der Waals surface area contributed by atoms with Crippen molar-refractivity contribution in [1.82, 2.24) is 15.2 Å². The lowest BCUT2D eigenvalue weighted by Crippen LogP contribution is -2.43. The van der Waals surface area contributed by atoms with Crippen molar-refractivity contribution in [2.45, 2.75) is 25.4 Å². The molecule has 2 aromatic heterocycles. The van der Waals surface area contributed by atoms with E-state index in [1.54, 1.807) is 11.3 Å². The summed E-state index contributed by atoms with van der Waals surface area (Å²) < 4.78 is 0. The third-order valence-corrected chi connectivity index (χ3v) is 6.24. The number of thiophene rings is 1. The first-order valence-electron chi connectivity index (χ1n) is 8.30. The Labute approximate surface area is 159 Å². The van der Waals surface area contributed by atoms with Crippen molar-refractivity contribution >= 4 is 34.6 Å². The van der Waals surface area contributed by atoms with Crippen LogP contribution in [0.2, 0.25) is 0 Å². The molecule has 1 aromatic carbocycles. The van der Waals surface area contributed by atoms with Crippen LogP contribution in [0.3, 0.4) is 0 Å². The van der Waals surface area contributed by atoms with Gasteiger partial charge in [0, 0.05) is 16.3 Å². The van der Waals surface area contributed by atoms with E-state index in [9.17, 15) is 9.59 Å². The molecule has 4 rings (SSSR count). The van der Waals surface area contributed by atoms with Gasteiger partial charge in [-0.15, -0.1) is 11.3 Å². The monoisotopic (exact) mass is 383 g/mol. The standard InChI is InChI=1S/C19H17N3O2S2/c1-2-19(14-6-4-3-5-7-14)17(23)22(18(24)21-19)10-15-12-26-16(20-15)13-8-9-25-11-13/h3-9,11-12H,2,10H2,1H3,(H,21,24)/t19-/m0/s1. The van der Waals surface area contributed by atoms with Crippen molar-refractivity contribution in [3.05, 3.63) is 63.8 Å². The number of hydrogen-bond acceptors (Lipinski definition) is 5. The number of nitrogens with one attached hydrogen (secondary N) is 1. The van der Waals surface area contributed by atoms with Crippen molar-refractivity contribution in [3.63, 3.8) is 0 Å². The lowest BCUT2D eigenvalue weighted by atomic mass is 9.87. The third-order valence-electron chi connectivity index (χ3n) is 4.61. The Hall–Kier alpha value is -2.51. The van der Waals surface area contributed by atoms with E-state index in [-0.39, 0.29) is 18.5 Å². The summed E-state index contributed by atoms with van der Waals surface area (Å²) in [7, 11) is 0. The van der Waals surface area contributed by atoms with Crippen molar-refractivity contribution in [1.29, 1.82) is 0 Å². The van der Waals surface area contributed by atoms with Gasteiger partial charge in [0.15, 0.2) is 0 Å². The van der Waals surface area contributed by atoms with E-state index in [1.807, 2.05) is 59.5 Å². The van der Waals surface area contributed by atoms with Gasteiger partial charge in [0.05, 0.1) is 12.2 Å². The van der Waals surface area contributed by atoms with E-state index in [0.29, 0.717) is 6.42 Å². The minimum Gasteiger partial charge on any atom is -0.319 e. The van der Waals surface area contributed by atoms with Crippen molar-refractivity contribution in [3.8, 4) is 10.6 Å². The second-order valence-electron chi connectivity index (χ2n) is 6.10. The fourth-order valence-electron chi connectivity index (χ4n) is 3.19. The zero-order chi connectivity index (χ0) is 18.1. The molecular formula is C19H17N3O2S2. The van der Waals surface area contributed by atoms with Crippen LogP contribution in [-0.2, 0) is 16.9 Å². The fourth-order valence-corrected chi connectivity index (χ4v) is 4.72. The van der Waals surface area contributed by atoms with E-state index >= 15 is 0 Å². The molecule has 132 valence electrons. The van der Waals surface area contributed by atoms with Gasteiger partial charge in [-0.1, -0.05) is 37.3 Å². The number of amides is 3. The molecule has 26 heavy (non-hydrogen) atoms. The average Bonchev–Trinajstić information content (AvgIpc) is 3.39. The van der Waals surface area contributed by atoms with Crippen LogP contribution in [0.15, 0.2) is 52.5 Å². The van der Waals surface area contributed by atoms with Crippen molar-refractivity contribution < 1.29 is 9.59 Å². The van der Waals surface area contributed by atoms with Gasteiger partial charge in [-0.25, -0.2) is 9.78 Å². The Morgan fingerprint density at radius 2 is 1.96 bits per heavy atom. The first-order valence-corrected chi connectivity index (χ1v) is 10.1. The second-order valence-corrected chi connectivity index (χ2v) is 7.74. The summed E-state index contributed by atoms with van der Waals surface area (Å²) in [6, 6.07) is 11.0. The van der Waals surface area contributed by atoms with Gasteiger partial charge >= 0.3 is 6.03 Å². The van der Waals surface area contributed by atoms with E-state index < -0.39 is 5.54 Å². The smallest absolute Gasteiger partial charge is 0.319 e. The molecule has 0 spiro atoms. The van der Waals surface area contributed by atoms with E-state index in [4.69, 9.17) is 0 Å². The van der Waals surface area contributed by atoms with Crippen LogP contribution in [0.4, 0.5) is 4.79 Å². The zero-order valence-electron chi connectivity index (χ0n) is 14.1. The lowest BCUT2D eigenvalue weighted by molar-refractivity contribution is -0.132. The molecule has 0 aliphatic carbocycles. The Bertz CT molecular complexity index is 937. The molecule has 1 aliphatic heterocycles. The number of hydrogen-bond donors (Lipinski definition) is 1. The van der Waals surface area contributed by atoms with Gasteiger partial charge in [-0.3, -0.25) is 9.69 Å². The van der Waals surface area contributed by atoms with Crippen LogP contribution in [0.5, 0.6) is 0 Å². The summed E-state index contributed by atoms with van der Waals surface area (Å²) in [5, 5.41) is 9.75. The van der Waals surface area contributed by atoms with Gasteiger partial charge in [0.1, 0.15) is 10.5 Å². The highest BCUT2D eigenvalue weighted by Gasteiger charge is 2.51. The molecule has 5 nitrogen and oxygen atoms in total. The van der Waals surface area contributed by atoms with Crippen LogP contribution in [0, 0.1) is 0 Å². The Kier molecular flexibility index (Phi) is 4.34. The minimum atomic E-state index is -0.995. The maximum Gasteiger partial charge on any atom is 0.325 e. The molecule has 0 radical (unpaired) electrons. The number of rotatable bonds is 5. The van der Waals surface area contributed by atoms with Gasteiger partial charge in [-0.05, 0) is 23.4 Å². The third kappa shape index (κ3) is 2.73. The number of nitrogens with zero attached hydrogens (tertiary/aromatic N) is 2. The van der Waals surface area contributed by atoms with Crippen LogP contribution < -0.4 is 5.32 Å². The number of aromatic nitrogens is 1.